The van der Waals surface area contributed by atoms with Crippen molar-refractivity contribution in [3.63, 3.8) is 0 Å². The standard InChI is InChI=1S/C21H22N2O4/c24-19(22-14-6-9-16-7-2-1-3-8-16)15-26-21(25)13-12-20-23-17-10-4-5-11-18(17)27-20/h1-5,7-8,10-11H,6,9,12-15H2,(H,22,24). The van der Waals surface area contributed by atoms with Crippen LogP contribution in [0.15, 0.2) is 59.0 Å². The van der Waals surface area contributed by atoms with E-state index in [1.807, 2.05) is 42.5 Å². The molecule has 0 aliphatic rings. The van der Waals surface area contributed by atoms with Crippen molar-refractivity contribution >= 4 is 23.0 Å². The number of rotatable bonds is 9. The van der Waals surface area contributed by atoms with E-state index in [0.29, 0.717) is 24.4 Å². The molecule has 1 N–H and O–H groups in total. The number of aryl methyl sites for hydroxylation is 2. The number of nitrogens with zero attached hydrogens (tertiary/aromatic N) is 1. The number of aromatic nitrogens is 1. The Morgan fingerprint density at radius 3 is 2.59 bits per heavy atom. The summed E-state index contributed by atoms with van der Waals surface area (Å²) in [6.45, 7) is 0.284. The summed E-state index contributed by atoms with van der Waals surface area (Å²) in [7, 11) is 0. The second-order valence-corrected chi connectivity index (χ2v) is 6.18. The van der Waals surface area contributed by atoms with Gasteiger partial charge in [0.1, 0.15) is 5.52 Å². The van der Waals surface area contributed by atoms with E-state index in [2.05, 4.69) is 22.4 Å². The Kier molecular flexibility index (Phi) is 6.57. The Morgan fingerprint density at radius 1 is 1.00 bits per heavy atom. The Balaban J connectivity index is 1.29. The minimum atomic E-state index is -0.448. The molecule has 2 aromatic carbocycles. The number of benzene rings is 2. The number of carbonyl (C=O) groups excluding carboxylic acids is 2. The van der Waals surface area contributed by atoms with Crippen LogP contribution >= 0.6 is 0 Å². The zero-order valence-corrected chi connectivity index (χ0v) is 15.0. The molecule has 0 atom stereocenters. The van der Waals surface area contributed by atoms with Crippen LogP contribution in [0, 0.1) is 0 Å². The summed E-state index contributed by atoms with van der Waals surface area (Å²) in [5, 5.41) is 2.75. The van der Waals surface area contributed by atoms with Gasteiger partial charge in [-0.3, -0.25) is 9.59 Å². The normalized spacial score (nSPS) is 10.7. The molecule has 3 rings (SSSR count). The summed E-state index contributed by atoms with van der Waals surface area (Å²) in [4.78, 5) is 27.8. The Morgan fingerprint density at radius 2 is 1.78 bits per heavy atom. The summed E-state index contributed by atoms with van der Waals surface area (Å²) >= 11 is 0. The van der Waals surface area contributed by atoms with Crippen molar-refractivity contribution < 1.29 is 18.7 Å². The third-order valence-corrected chi connectivity index (χ3v) is 4.05. The first-order valence-electron chi connectivity index (χ1n) is 9.01. The zero-order valence-electron chi connectivity index (χ0n) is 15.0. The number of fused-ring (bicyclic) bond motifs is 1. The molecule has 0 saturated heterocycles. The van der Waals surface area contributed by atoms with Gasteiger partial charge in [-0.05, 0) is 30.5 Å². The number of para-hydroxylation sites is 2. The second-order valence-electron chi connectivity index (χ2n) is 6.18. The first-order chi connectivity index (χ1) is 13.2. The van der Waals surface area contributed by atoms with Crippen LogP contribution in [0.2, 0.25) is 0 Å². The van der Waals surface area contributed by atoms with Crippen LogP contribution in [0.5, 0.6) is 0 Å². The average Bonchev–Trinajstić information content (AvgIpc) is 3.12. The van der Waals surface area contributed by atoms with Crippen LogP contribution in [0.4, 0.5) is 0 Å². The van der Waals surface area contributed by atoms with E-state index in [4.69, 9.17) is 9.15 Å². The molecule has 1 heterocycles. The van der Waals surface area contributed by atoms with Gasteiger partial charge in [-0.25, -0.2) is 4.98 Å². The number of ether oxygens (including phenoxy) is 1. The Hall–Kier alpha value is -3.15. The number of esters is 1. The fourth-order valence-corrected chi connectivity index (χ4v) is 2.67. The summed E-state index contributed by atoms with van der Waals surface area (Å²) in [6, 6.07) is 17.5. The minimum absolute atomic E-state index is 0.119. The number of hydrogen-bond donors (Lipinski definition) is 1. The third kappa shape index (κ3) is 5.95. The summed E-state index contributed by atoms with van der Waals surface area (Å²) in [5.74, 6) is -0.256. The molecular formula is C21H22N2O4. The summed E-state index contributed by atoms with van der Waals surface area (Å²) < 4.78 is 10.5. The van der Waals surface area contributed by atoms with E-state index in [9.17, 15) is 9.59 Å². The highest BCUT2D eigenvalue weighted by atomic mass is 16.5. The summed E-state index contributed by atoms with van der Waals surface area (Å²) in [5.41, 5.74) is 2.68. The topological polar surface area (TPSA) is 81.4 Å². The molecule has 1 aromatic heterocycles. The molecule has 0 fully saturated rings. The van der Waals surface area contributed by atoms with Gasteiger partial charge in [-0.15, -0.1) is 0 Å². The highest BCUT2D eigenvalue weighted by molar-refractivity contribution is 5.80. The lowest BCUT2D eigenvalue weighted by Gasteiger charge is -2.06. The average molecular weight is 366 g/mol. The zero-order chi connectivity index (χ0) is 18.9. The Labute approximate surface area is 157 Å². The van der Waals surface area contributed by atoms with Crippen LogP contribution in [-0.2, 0) is 27.2 Å². The van der Waals surface area contributed by atoms with Crippen molar-refractivity contribution in [3.05, 3.63) is 66.1 Å². The van der Waals surface area contributed by atoms with Crippen LogP contribution < -0.4 is 5.32 Å². The monoisotopic (exact) mass is 366 g/mol. The molecule has 140 valence electrons. The molecule has 0 bridgehead atoms. The van der Waals surface area contributed by atoms with Crippen molar-refractivity contribution in [2.24, 2.45) is 0 Å². The number of nitrogens with one attached hydrogen (secondary N) is 1. The van der Waals surface area contributed by atoms with Gasteiger partial charge in [0.25, 0.3) is 5.91 Å². The van der Waals surface area contributed by atoms with Gasteiger partial charge in [0.15, 0.2) is 18.1 Å². The lowest BCUT2D eigenvalue weighted by atomic mass is 10.1. The van der Waals surface area contributed by atoms with Crippen molar-refractivity contribution in [2.75, 3.05) is 13.2 Å². The van der Waals surface area contributed by atoms with Crippen LogP contribution in [0.3, 0.4) is 0 Å². The van der Waals surface area contributed by atoms with Gasteiger partial charge < -0.3 is 14.5 Å². The number of amides is 1. The van der Waals surface area contributed by atoms with E-state index in [-0.39, 0.29) is 18.9 Å². The molecule has 3 aromatic rings. The maximum Gasteiger partial charge on any atom is 0.306 e. The molecule has 1 amide bonds. The molecule has 0 aliphatic heterocycles. The second kappa shape index (κ2) is 9.52. The Bertz CT molecular complexity index is 856. The van der Waals surface area contributed by atoms with Crippen molar-refractivity contribution in [2.45, 2.75) is 25.7 Å². The van der Waals surface area contributed by atoms with E-state index >= 15 is 0 Å². The first-order valence-corrected chi connectivity index (χ1v) is 9.01. The lowest BCUT2D eigenvalue weighted by molar-refractivity contribution is -0.148. The SMILES string of the molecule is O=C(COC(=O)CCc1nc2ccccc2o1)NCCCc1ccccc1. The quantitative estimate of drug-likeness (QED) is 0.465. The third-order valence-electron chi connectivity index (χ3n) is 4.05. The van der Waals surface area contributed by atoms with Gasteiger partial charge in [-0.1, -0.05) is 42.5 Å². The lowest BCUT2D eigenvalue weighted by Crippen LogP contribution is -2.29. The van der Waals surface area contributed by atoms with Gasteiger partial charge in [0.05, 0.1) is 6.42 Å². The van der Waals surface area contributed by atoms with E-state index in [0.717, 1.165) is 18.4 Å². The number of hydrogen-bond acceptors (Lipinski definition) is 5. The molecule has 0 radical (unpaired) electrons. The molecule has 6 heteroatoms. The van der Waals surface area contributed by atoms with Crippen molar-refractivity contribution in [1.82, 2.24) is 10.3 Å². The first kappa shape index (κ1) is 18.6. The van der Waals surface area contributed by atoms with Crippen molar-refractivity contribution in [1.29, 1.82) is 0 Å². The molecule has 27 heavy (non-hydrogen) atoms. The molecule has 0 saturated carbocycles. The summed E-state index contributed by atoms with van der Waals surface area (Å²) in [6.07, 6.45) is 2.19. The van der Waals surface area contributed by atoms with Crippen molar-refractivity contribution in [3.8, 4) is 0 Å². The minimum Gasteiger partial charge on any atom is -0.456 e. The smallest absolute Gasteiger partial charge is 0.306 e. The van der Waals surface area contributed by atoms with E-state index in [1.54, 1.807) is 0 Å². The maximum absolute atomic E-state index is 11.8. The molecule has 0 unspecified atom stereocenters. The largest absolute Gasteiger partial charge is 0.456 e. The molecule has 0 aliphatic carbocycles. The predicted octanol–water partition coefficient (Wildman–Crippen LogP) is 3.05. The van der Waals surface area contributed by atoms with E-state index < -0.39 is 5.97 Å². The highest BCUT2D eigenvalue weighted by Crippen LogP contribution is 2.15. The van der Waals surface area contributed by atoms with Crippen LogP contribution in [0.25, 0.3) is 11.1 Å². The van der Waals surface area contributed by atoms with Gasteiger partial charge in [-0.2, -0.15) is 0 Å². The number of oxazole rings is 1. The predicted molar refractivity (Wildman–Crippen MR) is 101 cm³/mol. The van der Waals surface area contributed by atoms with E-state index in [1.165, 1.54) is 5.56 Å². The molecular weight excluding hydrogens is 344 g/mol. The number of carbonyl (C=O) groups is 2. The highest BCUT2D eigenvalue weighted by Gasteiger charge is 2.11. The fourth-order valence-electron chi connectivity index (χ4n) is 2.67. The van der Waals surface area contributed by atoms with Crippen LogP contribution in [0.1, 0.15) is 24.3 Å². The fraction of sp³-hybridized carbons (Fsp3) is 0.286. The molecule has 6 nitrogen and oxygen atoms in total. The van der Waals surface area contributed by atoms with Gasteiger partial charge in [0.2, 0.25) is 0 Å². The molecule has 0 spiro atoms. The van der Waals surface area contributed by atoms with Gasteiger partial charge in [0, 0.05) is 13.0 Å². The maximum atomic E-state index is 11.8. The van der Waals surface area contributed by atoms with Crippen LogP contribution in [-0.4, -0.2) is 30.0 Å². The van der Waals surface area contributed by atoms with Gasteiger partial charge >= 0.3 is 5.97 Å².